The Balaban J connectivity index is 2.70. The monoisotopic (exact) mass is 217 g/mol. The number of carbonyl (C=O) groups is 1. The molecule has 1 aromatic rings. The van der Waals surface area contributed by atoms with Gasteiger partial charge in [0.25, 0.3) is 5.91 Å². The van der Waals surface area contributed by atoms with E-state index in [1.165, 1.54) is 5.56 Å². The fraction of sp³-hybridized carbons (Fsp3) is 0.357. The second kappa shape index (κ2) is 6.11. The molecule has 16 heavy (non-hydrogen) atoms. The number of aryl methyl sites for hydroxylation is 1. The van der Waals surface area contributed by atoms with Crippen molar-refractivity contribution >= 4 is 11.6 Å². The molecule has 1 rings (SSSR count). The molecule has 0 saturated carbocycles. The standard InChI is InChI=1S/C14H19NO/c1-4-6-12(5-2)14(16)15-13-9-7-11(3)8-10-13/h6-10H,4-5H2,1-3H3,(H,15,16)/b12-6+. The van der Waals surface area contributed by atoms with Gasteiger partial charge in [-0.2, -0.15) is 0 Å². The predicted molar refractivity (Wildman–Crippen MR) is 68.5 cm³/mol. The number of hydrogen-bond acceptors (Lipinski definition) is 1. The Bertz CT molecular complexity index is 376. The van der Waals surface area contributed by atoms with Crippen LogP contribution in [0, 0.1) is 6.92 Å². The highest BCUT2D eigenvalue weighted by atomic mass is 16.1. The number of carbonyl (C=O) groups excluding carboxylic acids is 1. The number of anilines is 1. The maximum absolute atomic E-state index is 11.8. The van der Waals surface area contributed by atoms with Crippen LogP contribution in [0.5, 0.6) is 0 Å². The average molecular weight is 217 g/mol. The molecular formula is C14H19NO. The Hall–Kier alpha value is -1.57. The molecular weight excluding hydrogens is 198 g/mol. The molecule has 0 unspecified atom stereocenters. The highest BCUT2D eigenvalue weighted by molar-refractivity contribution is 6.03. The lowest BCUT2D eigenvalue weighted by atomic mass is 10.1. The summed E-state index contributed by atoms with van der Waals surface area (Å²) in [5.74, 6) is 0.00760. The first-order valence-electron chi connectivity index (χ1n) is 5.74. The van der Waals surface area contributed by atoms with E-state index < -0.39 is 0 Å². The third kappa shape index (κ3) is 3.54. The molecule has 0 saturated heterocycles. The van der Waals surface area contributed by atoms with Crippen LogP contribution in [0.2, 0.25) is 0 Å². The zero-order valence-corrected chi connectivity index (χ0v) is 10.2. The second-order valence-electron chi connectivity index (χ2n) is 3.81. The molecule has 0 atom stereocenters. The molecule has 0 aliphatic carbocycles. The quantitative estimate of drug-likeness (QED) is 0.766. The van der Waals surface area contributed by atoms with Gasteiger partial charge in [-0.25, -0.2) is 0 Å². The van der Waals surface area contributed by atoms with Crippen molar-refractivity contribution in [3.05, 3.63) is 41.5 Å². The van der Waals surface area contributed by atoms with E-state index >= 15 is 0 Å². The maximum atomic E-state index is 11.8. The second-order valence-corrected chi connectivity index (χ2v) is 3.81. The van der Waals surface area contributed by atoms with E-state index in [1.807, 2.05) is 51.1 Å². The summed E-state index contributed by atoms with van der Waals surface area (Å²) in [5.41, 5.74) is 2.90. The third-order valence-electron chi connectivity index (χ3n) is 2.43. The van der Waals surface area contributed by atoms with Crippen molar-refractivity contribution in [2.45, 2.75) is 33.6 Å². The first-order valence-corrected chi connectivity index (χ1v) is 5.74. The summed E-state index contributed by atoms with van der Waals surface area (Å²) >= 11 is 0. The zero-order valence-electron chi connectivity index (χ0n) is 10.2. The lowest BCUT2D eigenvalue weighted by Gasteiger charge is -2.07. The molecule has 2 nitrogen and oxygen atoms in total. The predicted octanol–water partition coefficient (Wildman–Crippen LogP) is 3.68. The van der Waals surface area contributed by atoms with E-state index in [1.54, 1.807) is 0 Å². The summed E-state index contributed by atoms with van der Waals surface area (Å²) in [5, 5.41) is 2.90. The molecule has 2 heteroatoms. The molecule has 86 valence electrons. The van der Waals surface area contributed by atoms with Crippen LogP contribution in [-0.2, 0) is 4.79 Å². The summed E-state index contributed by atoms with van der Waals surface area (Å²) in [4.78, 5) is 11.8. The normalized spacial score (nSPS) is 11.3. The summed E-state index contributed by atoms with van der Waals surface area (Å²) in [6.07, 6.45) is 3.64. The molecule has 0 spiro atoms. The first kappa shape index (κ1) is 12.5. The molecule has 1 aromatic carbocycles. The minimum Gasteiger partial charge on any atom is -0.322 e. The van der Waals surface area contributed by atoms with E-state index in [2.05, 4.69) is 5.32 Å². The lowest BCUT2D eigenvalue weighted by Crippen LogP contribution is -2.13. The van der Waals surface area contributed by atoms with Gasteiger partial charge in [0, 0.05) is 11.3 Å². The van der Waals surface area contributed by atoms with Crippen molar-refractivity contribution in [3.8, 4) is 0 Å². The Labute approximate surface area is 97.4 Å². The third-order valence-corrected chi connectivity index (χ3v) is 2.43. The van der Waals surface area contributed by atoms with Gasteiger partial charge in [-0.15, -0.1) is 0 Å². The van der Waals surface area contributed by atoms with Gasteiger partial charge in [0.05, 0.1) is 0 Å². The minimum atomic E-state index is 0.00760. The van der Waals surface area contributed by atoms with Crippen molar-refractivity contribution in [2.75, 3.05) is 5.32 Å². The molecule has 0 aromatic heterocycles. The Morgan fingerprint density at radius 1 is 1.25 bits per heavy atom. The highest BCUT2D eigenvalue weighted by Crippen LogP contribution is 2.11. The van der Waals surface area contributed by atoms with Gasteiger partial charge in [-0.05, 0) is 31.9 Å². The van der Waals surface area contributed by atoms with Crippen molar-refractivity contribution in [3.63, 3.8) is 0 Å². The van der Waals surface area contributed by atoms with Crippen LogP contribution in [-0.4, -0.2) is 5.91 Å². The Morgan fingerprint density at radius 3 is 2.38 bits per heavy atom. The van der Waals surface area contributed by atoms with Gasteiger partial charge in [-0.3, -0.25) is 4.79 Å². The topological polar surface area (TPSA) is 29.1 Å². The van der Waals surface area contributed by atoms with E-state index in [9.17, 15) is 4.79 Å². The molecule has 0 radical (unpaired) electrons. The molecule has 0 fully saturated rings. The fourth-order valence-corrected chi connectivity index (χ4v) is 1.49. The van der Waals surface area contributed by atoms with Gasteiger partial charge < -0.3 is 5.32 Å². The van der Waals surface area contributed by atoms with Crippen LogP contribution in [0.15, 0.2) is 35.9 Å². The number of benzene rings is 1. The van der Waals surface area contributed by atoms with Crippen molar-refractivity contribution in [1.82, 2.24) is 0 Å². The van der Waals surface area contributed by atoms with Crippen molar-refractivity contribution in [2.24, 2.45) is 0 Å². The summed E-state index contributed by atoms with van der Waals surface area (Å²) in [6, 6.07) is 7.83. The molecule has 0 heterocycles. The van der Waals surface area contributed by atoms with E-state index in [-0.39, 0.29) is 5.91 Å². The van der Waals surface area contributed by atoms with Crippen LogP contribution < -0.4 is 5.32 Å². The van der Waals surface area contributed by atoms with Crippen LogP contribution in [0.1, 0.15) is 32.3 Å². The van der Waals surface area contributed by atoms with Gasteiger partial charge in [0.15, 0.2) is 0 Å². The number of allylic oxidation sites excluding steroid dienone is 1. The SMILES string of the molecule is CC/C=C(\CC)C(=O)Nc1ccc(C)cc1. The van der Waals surface area contributed by atoms with Crippen molar-refractivity contribution in [1.29, 1.82) is 0 Å². The fourth-order valence-electron chi connectivity index (χ4n) is 1.49. The number of rotatable bonds is 4. The summed E-state index contributed by atoms with van der Waals surface area (Å²) < 4.78 is 0. The summed E-state index contributed by atoms with van der Waals surface area (Å²) in [6.45, 7) is 6.06. The Morgan fingerprint density at radius 2 is 1.88 bits per heavy atom. The van der Waals surface area contributed by atoms with Gasteiger partial charge in [0.2, 0.25) is 0 Å². The van der Waals surface area contributed by atoms with Crippen molar-refractivity contribution < 1.29 is 4.79 Å². The van der Waals surface area contributed by atoms with Crippen LogP contribution in [0.4, 0.5) is 5.69 Å². The smallest absolute Gasteiger partial charge is 0.251 e. The molecule has 0 bridgehead atoms. The van der Waals surface area contributed by atoms with Crippen LogP contribution in [0.3, 0.4) is 0 Å². The Kier molecular flexibility index (Phi) is 4.77. The number of hydrogen-bond donors (Lipinski definition) is 1. The molecule has 0 aliphatic rings. The van der Waals surface area contributed by atoms with Gasteiger partial charge in [-0.1, -0.05) is 37.6 Å². The number of nitrogens with one attached hydrogen (secondary N) is 1. The number of amides is 1. The van der Waals surface area contributed by atoms with Crippen LogP contribution in [0.25, 0.3) is 0 Å². The van der Waals surface area contributed by atoms with E-state index in [0.717, 1.165) is 24.1 Å². The highest BCUT2D eigenvalue weighted by Gasteiger charge is 2.06. The molecule has 1 amide bonds. The zero-order chi connectivity index (χ0) is 12.0. The lowest BCUT2D eigenvalue weighted by molar-refractivity contribution is -0.113. The van der Waals surface area contributed by atoms with Gasteiger partial charge in [0.1, 0.15) is 0 Å². The van der Waals surface area contributed by atoms with E-state index in [0.29, 0.717) is 0 Å². The van der Waals surface area contributed by atoms with Gasteiger partial charge >= 0.3 is 0 Å². The molecule has 1 N–H and O–H groups in total. The molecule has 0 aliphatic heterocycles. The minimum absolute atomic E-state index is 0.00760. The summed E-state index contributed by atoms with van der Waals surface area (Å²) in [7, 11) is 0. The largest absolute Gasteiger partial charge is 0.322 e. The van der Waals surface area contributed by atoms with E-state index in [4.69, 9.17) is 0 Å². The first-order chi connectivity index (χ1) is 7.67. The van der Waals surface area contributed by atoms with Crippen LogP contribution >= 0.6 is 0 Å². The average Bonchev–Trinajstić information content (AvgIpc) is 2.29. The maximum Gasteiger partial charge on any atom is 0.251 e.